The average molecular weight is 495 g/mol. The summed E-state index contributed by atoms with van der Waals surface area (Å²) in [7, 11) is 0. The third kappa shape index (κ3) is 4.00. The Morgan fingerprint density at radius 1 is 0.606 bits per heavy atom. The van der Waals surface area contributed by atoms with Gasteiger partial charge in [-0.05, 0) is 33.0 Å². The predicted molar refractivity (Wildman–Crippen MR) is 134 cm³/mol. The van der Waals surface area contributed by atoms with Crippen LogP contribution in [0.4, 0.5) is 0 Å². The molecule has 0 spiro atoms. The van der Waals surface area contributed by atoms with Gasteiger partial charge in [-0.3, -0.25) is 0 Å². The van der Waals surface area contributed by atoms with Crippen LogP contribution < -0.4 is 0 Å². The van der Waals surface area contributed by atoms with Crippen LogP contribution in [-0.4, -0.2) is 20.2 Å². The molecule has 0 aliphatic rings. The van der Waals surface area contributed by atoms with E-state index < -0.39 is 5.54 Å². The van der Waals surface area contributed by atoms with Crippen LogP contribution in [0.3, 0.4) is 0 Å². The summed E-state index contributed by atoms with van der Waals surface area (Å²) in [6, 6.07) is 39.5. The van der Waals surface area contributed by atoms with E-state index in [1.54, 1.807) is 4.80 Å². The molecular weight excluding hydrogens is 472 g/mol. The van der Waals surface area contributed by atoms with Gasteiger partial charge in [-0.15, -0.1) is 15.0 Å². The molecule has 0 radical (unpaired) electrons. The van der Waals surface area contributed by atoms with Crippen LogP contribution in [-0.2, 0) is 17.3 Å². The molecule has 0 aliphatic carbocycles. The van der Waals surface area contributed by atoms with Gasteiger partial charge in [-0.1, -0.05) is 131 Å². The van der Waals surface area contributed by atoms with Crippen molar-refractivity contribution in [3.8, 4) is 0 Å². The van der Waals surface area contributed by atoms with E-state index in [0.717, 1.165) is 22.0 Å². The highest BCUT2D eigenvalue weighted by Gasteiger charge is 2.41. The van der Waals surface area contributed by atoms with Crippen LogP contribution in [0.25, 0.3) is 0 Å². The first-order valence-electron chi connectivity index (χ1n) is 10.9. The molecule has 0 amide bonds. The van der Waals surface area contributed by atoms with E-state index in [1.807, 2.05) is 24.3 Å². The maximum absolute atomic E-state index is 4.96. The highest BCUT2D eigenvalue weighted by molar-refractivity contribution is 9.08. The summed E-state index contributed by atoms with van der Waals surface area (Å²) in [5, 5.41) is 14.9. The number of hydrogen-bond acceptors (Lipinski definition) is 3. The summed E-state index contributed by atoms with van der Waals surface area (Å²) in [5.41, 5.74) is 4.91. The molecule has 0 saturated carbocycles. The van der Waals surface area contributed by atoms with Crippen molar-refractivity contribution in [1.82, 2.24) is 20.2 Å². The van der Waals surface area contributed by atoms with Crippen molar-refractivity contribution in [2.75, 3.05) is 0 Å². The van der Waals surface area contributed by atoms with E-state index in [0.29, 0.717) is 12.2 Å². The molecule has 0 atom stereocenters. The van der Waals surface area contributed by atoms with Gasteiger partial charge in [0, 0.05) is 11.8 Å². The fourth-order valence-corrected chi connectivity index (χ4v) is 4.92. The largest absolute Gasteiger partial charge is 0.179 e. The molecule has 5 rings (SSSR count). The zero-order chi connectivity index (χ0) is 22.5. The number of alkyl halides is 1. The van der Waals surface area contributed by atoms with Gasteiger partial charge in [0.15, 0.2) is 11.4 Å². The van der Waals surface area contributed by atoms with Crippen molar-refractivity contribution in [2.24, 2.45) is 0 Å². The van der Waals surface area contributed by atoms with Gasteiger partial charge >= 0.3 is 0 Å². The molecule has 4 aromatic carbocycles. The van der Waals surface area contributed by atoms with E-state index >= 15 is 0 Å². The topological polar surface area (TPSA) is 43.6 Å². The van der Waals surface area contributed by atoms with Crippen molar-refractivity contribution in [3.63, 3.8) is 0 Å². The van der Waals surface area contributed by atoms with Crippen molar-refractivity contribution in [1.29, 1.82) is 0 Å². The Balaban J connectivity index is 1.71. The molecule has 4 nitrogen and oxygen atoms in total. The third-order valence-electron chi connectivity index (χ3n) is 5.94. The number of halogens is 1. The summed E-state index contributed by atoms with van der Waals surface area (Å²) in [4.78, 5) is 1.78. The predicted octanol–water partition coefficient (Wildman–Crippen LogP) is 6.00. The van der Waals surface area contributed by atoms with E-state index in [1.165, 1.54) is 11.1 Å². The standard InChI is InChI=1S/C28H23BrN4/c29-21-23-13-11-10-12-22(23)20-27-30-32-33(31-27)28(24-14-4-1-5-15-24,25-16-6-2-7-17-25)26-18-8-3-9-19-26/h1-19H,20-21H2. The van der Waals surface area contributed by atoms with E-state index in [9.17, 15) is 0 Å². The second kappa shape index (κ2) is 9.51. The molecule has 1 aromatic heterocycles. The zero-order valence-electron chi connectivity index (χ0n) is 18.1. The van der Waals surface area contributed by atoms with Gasteiger partial charge in [0.05, 0.1) is 0 Å². The lowest BCUT2D eigenvalue weighted by atomic mass is 9.77. The molecule has 5 heteroatoms. The molecule has 0 fully saturated rings. The molecule has 0 bridgehead atoms. The smallest absolute Gasteiger partial charge is 0.144 e. The summed E-state index contributed by atoms with van der Waals surface area (Å²) >= 11 is 3.59. The second-order valence-corrected chi connectivity index (χ2v) is 8.44. The van der Waals surface area contributed by atoms with Crippen LogP contribution in [0.5, 0.6) is 0 Å². The van der Waals surface area contributed by atoms with Gasteiger partial charge in [0.1, 0.15) is 0 Å². The molecule has 0 N–H and O–H groups in total. The summed E-state index contributed by atoms with van der Waals surface area (Å²) in [6.45, 7) is 0. The molecule has 33 heavy (non-hydrogen) atoms. The van der Waals surface area contributed by atoms with Crippen LogP contribution in [0, 0.1) is 0 Å². The first-order valence-corrected chi connectivity index (χ1v) is 12.0. The SMILES string of the molecule is BrCc1ccccc1Cc1nnn(C(c2ccccc2)(c2ccccc2)c2ccccc2)n1. The molecule has 0 unspecified atom stereocenters. The maximum Gasteiger partial charge on any atom is 0.179 e. The molecule has 0 aliphatic heterocycles. The number of rotatable bonds is 7. The van der Waals surface area contributed by atoms with Crippen LogP contribution in [0.15, 0.2) is 115 Å². The molecule has 0 saturated heterocycles. The van der Waals surface area contributed by atoms with Gasteiger partial charge in [-0.2, -0.15) is 0 Å². The Kier molecular flexibility index (Phi) is 6.13. The van der Waals surface area contributed by atoms with Gasteiger partial charge < -0.3 is 0 Å². The normalized spacial score (nSPS) is 11.4. The first kappa shape index (κ1) is 21.3. The quantitative estimate of drug-likeness (QED) is 0.206. The lowest BCUT2D eigenvalue weighted by Gasteiger charge is -2.34. The minimum absolute atomic E-state index is 0.621. The van der Waals surface area contributed by atoms with Gasteiger partial charge in [0.25, 0.3) is 0 Å². The Morgan fingerprint density at radius 3 is 1.55 bits per heavy atom. The zero-order valence-corrected chi connectivity index (χ0v) is 19.6. The fraction of sp³-hybridized carbons (Fsp3) is 0.107. The van der Waals surface area contributed by atoms with Crippen molar-refractivity contribution < 1.29 is 0 Å². The number of hydrogen-bond donors (Lipinski definition) is 0. The van der Waals surface area contributed by atoms with Gasteiger partial charge in [-0.25, -0.2) is 0 Å². The number of benzene rings is 4. The third-order valence-corrected chi connectivity index (χ3v) is 6.54. The Hall–Kier alpha value is -3.57. The van der Waals surface area contributed by atoms with Crippen molar-refractivity contribution in [3.05, 3.63) is 149 Å². The minimum Gasteiger partial charge on any atom is -0.144 e. The molecular formula is C28H23BrN4. The number of aromatic nitrogens is 4. The summed E-state index contributed by atoms with van der Waals surface area (Å²) in [5.74, 6) is 0.690. The van der Waals surface area contributed by atoms with Crippen molar-refractivity contribution >= 4 is 15.9 Å². The fourth-order valence-electron chi connectivity index (χ4n) is 4.37. The lowest BCUT2D eigenvalue weighted by molar-refractivity contribution is 0.394. The number of nitrogens with zero attached hydrogens (tertiary/aromatic N) is 4. The molecule has 5 aromatic rings. The summed E-state index contributed by atoms with van der Waals surface area (Å²) in [6.07, 6.45) is 0.621. The van der Waals surface area contributed by atoms with E-state index in [-0.39, 0.29) is 0 Å². The monoisotopic (exact) mass is 494 g/mol. The second-order valence-electron chi connectivity index (χ2n) is 7.88. The Bertz CT molecular complexity index is 1220. The van der Waals surface area contributed by atoms with Gasteiger partial charge in [0.2, 0.25) is 0 Å². The van der Waals surface area contributed by atoms with Crippen LogP contribution in [0.1, 0.15) is 33.6 Å². The Labute approximate surface area is 202 Å². The van der Waals surface area contributed by atoms with E-state index in [4.69, 9.17) is 5.10 Å². The minimum atomic E-state index is -0.746. The first-order chi connectivity index (χ1) is 16.3. The highest BCUT2D eigenvalue weighted by atomic mass is 79.9. The number of tetrazole rings is 1. The lowest BCUT2D eigenvalue weighted by Crippen LogP contribution is -2.39. The summed E-state index contributed by atoms with van der Waals surface area (Å²) < 4.78 is 0. The Morgan fingerprint density at radius 2 is 1.06 bits per heavy atom. The molecule has 1 heterocycles. The molecule has 162 valence electrons. The van der Waals surface area contributed by atoms with Crippen LogP contribution in [0.2, 0.25) is 0 Å². The van der Waals surface area contributed by atoms with E-state index in [2.05, 4.69) is 117 Å². The highest BCUT2D eigenvalue weighted by Crippen LogP contribution is 2.39. The van der Waals surface area contributed by atoms with Crippen LogP contribution >= 0.6 is 15.9 Å². The maximum atomic E-state index is 4.96. The van der Waals surface area contributed by atoms with Crippen molar-refractivity contribution in [2.45, 2.75) is 17.3 Å². The average Bonchev–Trinajstić information content (AvgIpc) is 3.35.